The Hall–Kier alpha value is -3.95. The van der Waals surface area contributed by atoms with Crippen molar-refractivity contribution in [2.45, 2.75) is 6.36 Å². The van der Waals surface area contributed by atoms with Crippen LogP contribution in [0.25, 0.3) is 44.7 Å². The van der Waals surface area contributed by atoms with Crippen LogP contribution < -0.4 is 4.74 Å². The van der Waals surface area contributed by atoms with Crippen molar-refractivity contribution in [2.75, 3.05) is 0 Å². The Morgan fingerprint density at radius 2 is 1.90 bits per heavy atom. The summed E-state index contributed by atoms with van der Waals surface area (Å²) in [6, 6.07) is 9.57. The molecule has 4 aromatic heterocycles. The van der Waals surface area contributed by atoms with E-state index in [4.69, 9.17) is 0 Å². The minimum absolute atomic E-state index is 0.324. The zero-order valence-corrected chi connectivity index (χ0v) is 14.5. The van der Waals surface area contributed by atoms with Crippen molar-refractivity contribution in [3.63, 3.8) is 0 Å². The fourth-order valence-electron chi connectivity index (χ4n) is 3.08. The van der Waals surface area contributed by atoms with E-state index in [1.165, 1.54) is 18.2 Å². The molecular formula is C19H11F3N6O. The van der Waals surface area contributed by atoms with Crippen LogP contribution in [0.5, 0.6) is 5.75 Å². The molecule has 0 aliphatic carbocycles. The van der Waals surface area contributed by atoms with E-state index in [1.54, 1.807) is 18.6 Å². The molecule has 7 nitrogen and oxygen atoms in total. The van der Waals surface area contributed by atoms with E-state index in [0.29, 0.717) is 28.2 Å². The number of nitrogens with one attached hydrogen (secondary N) is 2. The maximum atomic E-state index is 12.4. The number of nitrogens with zero attached hydrogens (tertiary/aromatic N) is 4. The number of benzene rings is 1. The van der Waals surface area contributed by atoms with Gasteiger partial charge in [-0.1, -0.05) is 6.07 Å². The predicted molar refractivity (Wildman–Crippen MR) is 98.9 cm³/mol. The third-order valence-electron chi connectivity index (χ3n) is 4.33. The Labute approximate surface area is 160 Å². The molecule has 0 bridgehead atoms. The minimum Gasteiger partial charge on any atom is -0.406 e. The SMILES string of the molecule is FC(F)(F)Oc1ccc2nc(-c3[nH]nc4ncc(-c5cccnc5)cc34)[nH]c2c1. The molecule has 0 spiro atoms. The minimum atomic E-state index is -4.76. The van der Waals surface area contributed by atoms with Gasteiger partial charge in [-0.15, -0.1) is 13.2 Å². The summed E-state index contributed by atoms with van der Waals surface area (Å²) in [4.78, 5) is 15.9. The molecule has 0 fully saturated rings. The lowest BCUT2D eigenvalue weighted by Gasteiger charge is -2.07. The van der Waals surface area contributed by atoms with Gasteiger partial charge in [0.1, 0.15) is 11.4 Å². The molecule has 29 heavy (non-hydrogen) atoms. The molecule has 4 heterocycles. The highest BCUT2D eigenvalue weighted by atomic mass is 19.4. The van der Waals surface area contributed by atoms with Crippen molar-refractivity contribution in [1.29, 1.82) is 0 Å². The molecule has 0 unspecified atom stereocenters. The van der Waals surface area contributed by atoms with Crippen LogP contribution in [-0.4, -0.2) is 36.5 Å². The van der Waals surface area contributed by atoms with Gasteiger partial charge >= 0.3 is 6.36 Å². The monoisotopic (exact) mass is 396 g/mol. The van der Waals surface area contributed by atoms with E-state index in [-0.39, 0.29) is 5.75 Å². The number of imidazole rings is 1. The highest BCUT2D eigenvalue weighted by Crippen LogP contribution is 2.30. The average Bonchev–Trinajstić information content (AvgIpc) is 3.30. The summed E-state index contributed by atoms with van der Waals surface area (Å²) < 4.78 is 41.3. The zero-order chi connectivity index (χ0) is 20.0. The molecular weight excluding hydrogens is 385 g/mol. The number of hydrogen-bond donors (Lipinski definition) is 2. The van der Waals surface area contributed by atoms with Crippen molar-refractivity contribution in [3.8, 4) is 28.4 Å². The second kappa shape index (κ2) is 6.30. The number of ether oxygens (including phenoxy) is 1. The van der Waals surface area contributed by atoms with E-state index in [9.17, 15) is 13.2 Å². The Balaban J connectivity index is 1.59. The van der Waals surface area contributed by atoms with E-state index >= 15 is 0 Å². The molecule has 5 aromatic rings. The van der Waals surface area contributed by atoms with Gasteiger partial charge in [-0.3, -0.25) is 10.1 Å². The van der Waals surface area contributed by atoms with Crippen molar-refractivity contribution < 1.29 is 17.9 Å². The van der Waals surface area contributed by atoms with Crippen molar-refractivity contribution in [2.24, 2.45) is 0 Å². The maximum Gasteiger partial charge on any atom is 0.573 e. The highest BCUT2D eigenvalue weighted by Gasteiger charge is 2.31. The van der Waals surface area contributed by atoms with Gasteiger partial charge in [0.15, 0.2) is 11.5 Å². The Morgan fingerprint density at radius 3 is 2.69 bits per heavy atom. The lowest BCUT2D eigenvalue weighted by molar-refractivity contribution is -0.274. The van der Waals surface area contributed by atoms with E-state index in [0.717, 1.165) is 16.5 Å². The van der Waals surface area contributed by atoms with Crippen LogP contribution in [0.15, 0.2) is 55.0 Å². The Kier molecular flexibility index (Phi) is 3.73. The smallest absolute Gasteiger partial charge is 0.406 e. The van der Waals surface area contributed by atoms with E-state index < -0.39 is 6.36 Å². The molecule has 5 rings (SSSR count). The first-order valence-corrected chi connectivity index (χ1v) is 8.47. The molecule has 144 valence electrons. The summed E-state index contributed by atoms with van der Waals surface area (Å²) >= 11 is 0. The zero-order valence-electron chi connectivity index (χ0n) is 14.5. The van der Waals surface area contributed by atoms with Crippen LogP contribution in [0.3, 0.4) is 0 Å². The van der Waals surface area contributed by atoms with E-state index in [2.05, 4.69) is 34.9 Å². The van der Waals surface area contributed by atoms with Crippen molar-refractivity contribution >= 4 is 22.1 Å². The fourth-order valence-corrected chi connectivity index (χ4v) is 3.08. The Morgan fingerprint density at radius 1 is 1.00 bits per heavy atom. The number of aromatic nitrogens is 6. The largest absolute Gasteiger partial charge is 0.573 e. The molecule has 0 radical (unpaired) electrons. The quantitative estimate of drug-likeness (QED) is 0.470. The van der Waals surface area contributed by atoms with Crippen LogP contribution in [0, 0.1) is 0 Å². The lowest BCUT2D eigenvalue weighted by Crippen LogP contribution is -2.16. The van der Waals surface area contributed by atoms with Gasteiger partial charge in [0.2, 0.25) is 0 Å². The average molecular weight is 396 g/mol. The van der Waals surface area contributed by atoms with Gasteiger partial charge in [-0.25, -0.2) is 9.97 Å². The summed E-state index contributed by atoms with van der Waals surface area (Å²) in [5.74, 6) is 0.104. The number of hydrogen-bond acceptors (Lipinski definition) is 5. The normalized spacial score (nSPS) is 12.0. The molecule has 1 aromatic carbocycles. The van der Waals surface area contributed by atoms with Gasteiger partial charge in [0.05, 0.1) is 16.4 Å². The predicted octanol–water partition coefficient (Wildman–Crippen LogP) is 4.46. The standard InChI is InChI=1S/C19H11F3N6O/c20-19(21,22)29-12-3-4-14-15(7-12)26-18(25-14)16-13-6-11(9-24-17(13)28-27-16)10-2-1-5-23-8-10/h1-9H,(H,25,26)(H,24,27,28). The van der Waals surface area contributed by atoms with Crippen LogP contribution in [-0.2, 0) is 0 Å². The number of H-pyrrole nitrogens is 2. The number of halogens is 3. The summed E-state index contributed by atoms with van der Waals surface area (Å²) in [6.45, 7) is 0. The van der Waals surface area contributed by atoms with Gasteiger partial charge in [0.25, 0.3) is 0 Å². The Bertz CT molecular complexity index is 1330. The van der Waals surface area contributed by atoms with Crippen LogP contribution in [0.4, 0.5) is 13.2 Å². The first-order chi connectivity index (χ1) is 14.0. The molecule has 0 aliphatic heterocycles. The number of pyridine rings is 2. The molecule has 0 atom stereocenters. The van der Waals surface area contributed by atoms with Gasteiger partial charge in [-0.05, 0) is 24.3 Å². The summed E-state index contributed by atoms with van der Waals surface area (Å²) in [6.07, 6.45) is 0.351. The third-order valence-corrected chi connectivity index (χ3v) is 4.33. The van der Waals surface area contributed by atoms with E-state index in [1.807, 2.05) is 18.2 Å². The summed E-state index contributed by atoms with van der Waals surface area (Å²) in [5.41, 5.74) is 3.72. The molecule has 10 heteroatoms. The number of aromatic amines is 2. The maximum absolute atomic E-state index is 12.4. The van der Waals surface area contributed by atoms with Crippen LogP contribution in [0.2, 0.25) is 0 Å². The molecule has 2 N–H and O–H groups in total. The van der Waals surface area contributed by atoms with Crippen molar-refractivity contribution in [1.82, 2.24) is 30.1 Å². The second-order valence-corrected chi connectivity index (χ2v) is 6.25. The second-order valence-electron chi connectivity index (χ2n) is 6.25. The number of rotatable bonds is 3. The molecule has 0 saturated carbocycles. The first kappa shape index (κ1) is 17.2. The van der Waals surface area contributed by atoms with Gasteiger partial charge in [-0.2, -0.15) is 5.10 Å². The van der Waals surface area contributed by atoms with Crippen LogP contribution in [0.1, 0.15) is 0 Å². The number of fused-ring (bicyclic) bond motifs is 2. The van der Waals surface area contributed by atoms with Gasteiger partial charge < -0.3 is 9.72 Å². The molecule has 0 saturated heterocycles. The molecule has 0 amide bonds. The lowest BCUT2D eigenvalue weighted by atomic mass is 10.1. The topological polar surface area (TPSA) is 92.4 Å². The third kappa shape index (κ3) is 3.24. The highest BCUT2D eigenvalue weighted by molar-refractivity contribution is 5.93. The van der Waals surface area contributed by atoms with Gasteiger partial charge in [0, 0.05) is 35.8 Å². The number of alkyl halides is 3. The first-order valence-electron chi connectivity index (χ1n) is 8.47. The summed E-state index contributed by atoms with van der Waals surface area (Å²) in [7, 11) is 0. The van der Waals surface area contributed by atoms with Crippen molar-refractivity contribution in [3.05, 3.63) is 55.0 Å². The molecule has 0 aliphatic rings. The summed E-state index contributed by atoms with van der Waals surface area (Å²) in [5, 5.41) is 7.79. The fraction of sp³-hybridized carbons (Fsp3) is 0.0526. The van der Waals surface area contributed by atoms with Crippen LogP contribution >= 0.6 is 0 Å².